The molecule has 0 spiro atoms. The molecule has 0 amide bonds. The van der Waals surface area contributed by atoms with Crippen molar-refractivity contribution in [2.24, 2.45) is 0 Å². The third kappa shape index (κ3) is 7.64. The lowest BCUT2D eigenvalue weighted by Gasteiger charge is -2.28. The van der Waals surface area contributed by atoms with E-state index in [1.807, 2.05) is 22.7 Å². The van der Waals surface area contributed by atoms with Gasteiger partial charge in [-0.2, -0.15) is 0 Å². The highest BCUT2D eigenvalue weighted by atomic mass is 32.1. The molecule has 0 N–H and O–H groups in total. The van der Waals surface area contributed by atoms with E-state index >= 15 is 0 Å². The lowest BCUT2D eigenvalue weighted by molar-refractivity contribution is 1.26. The van der Waals surface area contributed by atoms with Gasteiger partial charge in [0.05, 0.1) is 11.4 Å². The number of allylic oxidation sites excluding steroid dienone is 1. The van der Waals surface area contributed by atoms with E-state index in [0.29, 0.717) is 0 Å². The van der Waals surface area contributed by atoms with Gasteiger partial charge in [-0.25, -0.2) is 0 Å². The number of hydrogen-bond donors (Lipinski definition) is 0. The van der Waals surface area contributed by atoms with E-state index in [1.165, 1.54) is 84.5 Å². The predicted octanol–water partition coefficient (Wildman–Crippen LogP) is 20.9. The second-order valence-electron chi connectivity index (χ2n) is 18.4. The minimum atomic E-state index is 1.10. The molecule has 13 aromatic rings. The summed E-state index contributed by atoms with van der Waals surface area (Å²) < 4.78 is 5.29. The van der Waals surface area contributed by atoms with Crippen molar-refractivity contribution in [1.82, 2.24) is 0 Å². The van der Waals surface area contributed by atoms with Gasteiger partial charge in [0, 0.05) is 74.0 Å². The highest BCUT2D eigenvalue weighted by Gasteiger charge is 2.20. The third-order valence-corrected chi connectivity index (χ3v) is 16.6. The van der Waals surface area contributed by atoms with Gasteiger partial charge in [-0.05, 0) is 131 Å². The summed E-state index contributed by atoms with van der Waals surface area (Å²) in [5.41, 5.74) is 16.4. The van der Waals surface area contributed by atoms with E-state index in [9.17, 15) is 0 Å². The van der Waals surface area contributed by atoms with Crippen LogP contribution < -0.4 is 9.80 Å². The molecule has 4 heteroatoms. The van der Waals surface area contributed by atoms with Crippen molar-refractivity contribution in [2.45, 2.75) is 13.8 Å². The minimum absolute atomic E-state index is 1.10. The van der Waals surface area contributed by atoms with Crippen molar-refractivity contribution in [2.75, 3.05) is 9.80 Å². The van der Waals surface area contributed by atoms with E-state index in [-0.39, 0.29) is 0 Å². The van der Waals surface area contributed by atoms with Crippen LogP contribution in [0, 0.1) is 6.92 Å². The number of anilines is 6. The van der Waals surface area contributed by atoms with Crippen LogP contribution in [-0.4, -0.2) is 0 Å². The van der Waals surface area contributed by atoms with E-state index in [0.717, 1.165) is 45.3 Å². The Bertz CT molecular complexity index is 4160. The van der Waals surface area contributed by atoms with Crippen LogP contribution in [0.4, 0.5) is 34.1 Å². The van der Waals surface area contributed by atoms with Gasteiger partial charge in [0.1, 0.15) is 0 Å². The molecule has 2 aromatic heterocycles. The molecule has 0 saturated heterocycles. The fourth-order valence-corrected chi connectivity index (χ4v) is 13.1. The first-order valence-electron chi connectivity index (χ1n) is 24.6. The molecule has 2 heterocycles. The van der Waals surface area contributed by atoms with Crippen molar-refractivity contribution in [1.29, 1.82) is 0 Å². The summed E-state index contributed by atoms with van der Waals surface area (Å²) >= 11 is 3.75. The van der Waals surface area contributed by atoms with E-state index in [2.05, 4.69) is 278 Å². The van der Waals surface area contributed by atoms with E-state index < -0.39 is 0 Å². The zero-order valence-electron chi connectivity index (χ0n) is 40.0. The average Bonchev–Trinajstić information content (AvgIpc) is 4.02. The maximum Gasteiger partial charge on any atom is 0.0540 e. The molecule has 0 bridgehead atoms. The molecule has 0 unspecified atom stereocenters. The lowest BCUT2D eigenvalue weighted by Crippen LogP contribution is -2.12. The number of aryl methyl sites for hydroxylation is 1. The van der Waals surface area contributed by atoms with Gasteiger partial charge >= 0.3 is 0 Å². The Kier molecular flexibility index (Phi) is 11.1. The standard InChI is InChI=1S/C68H48N2S2/c1-3-14-55-45(2)15-10-25-63(55)69(53-41-33-49(34-42-53)57-21-12-23-61-59-19-6-8-27-65(59)71-67(57)61)51-37-29-46(30-38-51)47-31-39-52(40-32-47)70(64-26-11-17-48-16-4-5-18-56(48)64)54-43-35-50(36-44-54)58-22-13-24-62-60-20-7-9-28-66(60)72-68(58)62/h3-44H,1-2H3. The highest BCUT2D eigenvalue weighted by molar-refractivity contribution is 7.26. The predicted molar refractivity (Wildman–Crippen MR) is 315 cm³/mol. The van der Waals surface area contributed by atoms with Crippen LogP contribution in [-0.2, 0) is 0 Å². The maximum absolute atomic E-state index is 2.40. The second-order valence-corrected chi connectivity index (χ2v) is 20.5. The van der Waals surface area contributed by atoms with Crippen LogP contribution in [0.2, 0.25) is 0 Å². The third-order valence-electron chi connectivity index (χ3n) is 14.1. The van der Waals surface area contributed by atoms with Crippen molar-refractivity contribution in [3.8, 4) is 33.4 Å². The summed E-state index contributed by atoms with van der Waals surface area (Å²) in [6, 6.07) is 89.1. The van der Waals surface area contributed by atoms with Crippen molar-refractivity contribution < 1.29 is 0 Å². The van der Waals surface area contributed by atoms with Crippen LogP contribution >= 0.6 is 22.7 Å². The van der Waals surface area contributed by atoms with E-state index in [1.54, 1.807) is 0 Å². The first-order valence-corrected chi connectivity index (χ1v) is 26.2. The molecule has 0 aliphatic rings. The molecule has 13 rings (SSSR count). The molecule has 0 fully saturated rings. The Labute approximate surface area is 428 Å². The number of benzene rings is 11. The molecule has 0 radical (unpaired) electrons. The van der Waals surface area contributed by atoms with Crippen LogP contribution in [0.1, 0.15) is 18.1 Å². The molecule has 11 aromatic carbocycles. The SMILES string of the molecule is CC=Cc1c(C)cccc1N(c1ccc(-c2ccc(N(c3ccc(-c4cccc5c4sc4ccccc45)cc3)c3cccc4ccccc34)cc2)cc1)c1ccc(-c2cccc3c2sc2ccccc23)cc1. The quantitative estimate of drug-likeness (QED) is 0.135. The first kappa shape index (κ1) is 43.5. The number of nitrogens with zero attached hydrogens (tertiary/aromatic N) is 2. The van der Waals surface area contributed by atoms with Gasteiger partial charge in [-0.3, -0.25) is 0 Å². The average molecular weight is 957 g/mol. The fraction of sp³-hybridized carbons (Fsp3) is 0.0294. The number of fused-ring (bicyclic) bond motifs is 7. The molecule has 0 aliphatic carbocycles. The first-order chi connectivity index (χ1) is 35.6. The fourth-order valence-electron chi connectivity index (χ4n) is 10.6. The van der Waals surface area contributed by atoms with Crippen LogP contribution in [0.3, 0.4) is 0 Å². The van der Waals surface area contributed by atoms with Crippen molar-refractivity contribution >= 4 is 114 Å². The largest absolute Gasteiger partial charge is 0.310 e. The molecule has 0 saturated carbocycles. The maximum atomic E-state index is 2.40. The van der Waals surface area contributed by atoms with Gasteiger partial charge in [-0.1, -0.05) is 182 Å². The smallest absolute Gasteiger partial charge is 0.0540 e. The van der Waals surface area contributed by atoms with Gasteiger partial charge in [0.15, 0.2) is 0 Å². The summed E-state index contributed by atoms with van der Waals surface area (Å²) in [4.78, 5) is 4.80. The van der Waals surface area contributed by atoms with E-state index in [4.69, 9.17) is 0 Å². The summed E-state index contributed by atoms with van der Waals surface area (Å²) in [6.45, 7) is 4.29. The van der Waals surface area contributed by atoms with Crippen LogP contribution in [0.25, 0.3) is 90.6 Å². The molecular weight excluding hydrogens is 909 g/mol. The Hall–Kier alpha value is -8.54. The normalized spacial score (nSPS) is 11.7. The monoisotopic (exact) mass is 956 g/mol. The van der Waals surface area contributed by atoms with Crippen LogP contribution in [0.15, 0.2) is 249 Å². The molecular formula is C68H48N2S2. The van der Waals surface area contributed by atoms with Crippen molar-refractivity contribution in [3.05, 3.63) is 260 Å². The summed E-state index contributed by atoms with van der Waals surface area (Å²) in [5.74, 6) is 0. The lowest BCUT2D eigenvalue weighted by atomic mass is 10.00. The van der Waals surface area contributed by atoms with Gasteiger partial charge in [0.2, 0.25) is 0 Å². The minimum Gasteiger partial charge on any atom is -0.310 e. The van der Waals surface area contributed by atoms with Crippen LogP contribution in [0.5, 0.6) is 0 Å². The van der Waals surface area contributed by atoms with Crippen molar-refractivity contribution in [3.63, 3.8) is 0 Å². The molecule has 0 aliphatic heterocycles. The number of thiophene rings is 2. The second kappa shape index (κ2) is 18.3. The highest BCUT2D eigenvalue weighted by Crippen LogP contribution is 2.45. The number of rotatable bonds is 10. The zero-order chi connectivity index (χ0) is 48.1. The zero-order valence-corrected chi connectivity index (χ0v) is 41.6. The van der Waals surface area contributed by atoms with Gasteiger partial charge < -0.3 is 9.80 Å². The van der Waals surface area contributed by atoms with Gasteiger partial charge in [-0.15, -0.1) is 22.7 Å². The molecule has 342 valence electrons. The summed E-state index contributed by atoms with van der Waals surface area (Å²) in [5, 5.41) is 7.68. The Morgan fingerprint density at radius 3 is 1.24 bits per heavy atom. The Morgan fingerprint density at radius 1 is 0.333 bits per heavy atom. The molecule has 0 atom stereocenters. The Balaban J connectivity index is 0.847. The summed E-state index contributed by atoms with van der Waals surface area (Å²) in [7, 11) is 0. The Morgan fingerprint density at radius 2 is 0.722 bits per heavy atom. The number of hydrogen-bond acceptors (Lipinski definition) is 4. The molecule has 2 nitrogen and oxygen atoms in total. The topological polar surface area (TPSA) is 6.48 Å². The molecule has 72 heavy (non-hydrogen) atoms. The summed E-state index contributed by atoms with van der Waals surface area (Å²) in [6.07, 6.45) is 4.36. The van der Waals surface area contributed by atoms with Gasteiger partial charge in [0.25, 0.3) is 0 Å².